The van der Waals surface area contributed by atoms with Crippen LogP contribution in [0.25, 0.3) is 6.08 Å². The van der Waals surface area contributed by atoms with Crippen LogP contribution in [0.4, 0.5) is 10.1 Å². The molecule has 1 aromatic heterocycles. The Bertz CT molecular complexity index is 1300. The van der Waals surface area contributed by atoms with Gasteiger partial charge in [-0.25, -0.2) is 4.39 Å². The third-order valence-corrected chi connectivity index (χ3v) is 6.23. The van der Waals surface area contributed by atoms with Gasteiger partial charge in [0.05, 0.1) is 0 Å². The molecule has 4 rings (SSSR count). The van der Waals surface area contributed by atoms with E-state index in [0.717, 1.165) is 38.3 Å². The minimum Gasteiger partial charge on any atom is -0.457 e. The van der Waals surface area contributed by atoms with Gasteiger partial charge >= 0.3 is 0 Å². The fourth-order valence-corrected chi connectivity index (χ4v) is 4.05. The molecule has 0 saturated carbocycles. The molecule has 2 aromatic carbocycles. The predicted molar refractivity (Wildman–Crippen MR) is 146 cm³/mol. The summed E-state index contributed by atoms with van der Waals surface area (Å²) < 4.78 is 18.9. The van der Waals surface area contributed by atoms with Crippen LogP contribution in [-0.2, 0) is 11.5 Å². The summed E-state index contributed by atoms with van der Waals surface area (Å²) in [7, 11) is 0. The number of hydrogen-bond acceptors (Lipinski definition) is 6. The van der Waals surface area contributed by atoms with Crippen LogP contribution in [-0.4, -0.2) is 61.0 Å². The third kappa shape index (κ3) is 8.11. The summed E-state index contributed by atoms with van der Waals surface area (Å²) >= 11 is 5.91. The molecule has 3 N–H and O–H groups in total. The summed E-state index contributed by atoms with van der Waals surface area (Å²) in [5.74, 6) is 0.379. The fourth-order valence-electron chi connectivity index (χ4n) is 3.88. The Morgan fingerprint density at radius 3 is 2.74 bits per heavy atom. The van der Waals surface area contributed by atoms with E-state index in [4.69, 9.17) is 16.3 Å². The lowest BCUT2D eigenvalue weighted by Gasteiger charge is -2.27. The second-order valence-electron chi connectivity index (χ2n) is 8.66. The van der Waals surface area contributed by atoms with Crippen molar-refractivity contribution in [2.75, 3.05) is 44.6 Å². The van der Waals surface area contributed by atoms with Gasteiger partial charge in [0, 0.05) is 73.9 Å². The molecule has 198 valence electrons. The van der Waals surface area contributed by atoms with Crippen molar-refractivity contribution >= 4 is 35.2 Å². The monoisotopic (exact) mass is 537 g/mol. The first-order chi connectivity index (χ1) is 18.5. The lowest BCUT2D eigenvalue weighted by molar-refractivity contribution is -0.111. The van der Waals surface area contributed by atoms with E-state index in [1.54, 1.807) is 48.5 Å². The van der Waals surface area contributed by atoms with E-state index in [1.165, 1.54) is 18.3 Å². The predicted octanol–water partition coefficient (Wildman–Crippen LogP) is 4.28. The van der Waals surface area contributed by atoms with Gasteiger partial charge in [0.15, 0.2) is 0 Å². The zero-order valence-corrected chi connectivity index (χ0v) is 21.5. The van der Waals surface area contributed by atoms with Crippen LogP contribution >= 0.6 is 11.6 Å². The summed E-state index contributed by atoms with van der Waals surface area (Å²) in [5, 5.41) is 9.21. The van der Waals surface area contributed by atoms with Crippen LogP contribution in [0.5, 0.6) is 11.5 Å². The number of rotatable bonds is 10. The first kappa shape index (κ1) is 27.3. The van der Waals surface area contributed by atoms with Gasteiger partial charge in [-0.15, -0.1) is 0 Å². The number of carbonyl (C=O) groups is 2. The number of nitrogens with one attached hydrogen (secondary N) is 3. The molecule has 2 amide bonds. The molecule has 3 aromatic rings. The first-order valence-corrected chi connectivity index (χ1v) is 12.7. The molecule has 0 bridgehead atoms. The Labute approximate surface area is 225 Å². The number of ether oxygens (including phenoxy) is 1. The molecule has 0 atom stereocenters. The van der Waals surface area contributed by atoms with Crippen molar-refractivity contribution in [3.8, 4) is 11.5 Å². The molecule has 0 unspecified atom stereocenters. The molecule has 1 saturated heterocycles. The summed E-state index contributed by atoms with van der Waals surface area (Å²) in [4.78, 5) is 31.3. The number of anilines is 1. The first-order valence-electron chi connectivity index (χ1n) is 12.3. The van der Waals surface area contributed by atoms with Crippen LogP contribution < -0.4 is 20.7 Å². The van der Waals surface area contributed by atoms with Gasteiger partial charge in [0.25, 0.3) is 5.91 Å². The number of hydrogen-bond donors (Lipinski definition) is 3. The quantitative estimate of drug-likeness (QED) is 0.334. The van der Waals surface area contributed by atoms with E-state index in [-0.39, 0.29) is 17.5 Å². The van der Waals surface area contributed by atoms with E-state index in [2.05, 4.69) is 25.8 Å². The number of amides is 2. The number of carbonyl (C=O) groups excluding carboxylic acids is 2. The van der Waals surface area contributed by atoms with Crippen LogP contribution in [0, 0.1) is 0 Å². The Balaban J connectivity index is 1.31. The zero-order valence-electron chi connectivity index (χ0n) is 20.8. The number of halogens is 2. The normalized spacial score (nSPS) is 13.8. The number of nitrogens with zero attached hydrogens (tertiary/aromatic N) is 2. The van der Waals surface area contributed by atoms with Gasteiger partial charge in [0.2, 0.25) is 5.91 Å². The third-order valence-electron chi connectivity index (χ3n) is 5.87. The van der Waals surface area contributed by atoms with Crippen molar-refractivity contribution in [3.05, 3.63) is 88.7 Å². The second kappa shape index (κ2) is 13.7. The molecule has 10 heteroatoms. The topological polar surface area (TPSA) is 95.6 Å². The van der Waals surface area contributed by atoms with Crippen molar-refractivity contribution < 1.29 is 18.7 Å². The van der Waals surface area contributed by atoms with Crippen molar-refractivity contribution in [3.63, 3.8) is 0 Å². The molecule has 38 heavy (non-hydrogen) atoms. The highest BCUT2D eigenvalue weighted by atomic mass is 35.5. The van der Waals surface area contributed by atoms with Gasteiger partial charge in [-0.1, -0.05) is 23.7 Å². The number of pyridine rings is 1. The van der Waals surface area contributed by atoms with Crippen molar-refractivity contribution in [1.29, 1.82) is 0 Å². The van der Waals surface area contributed by atoms with Crippen LogP contribution in [0.2, 0.25) is 5.02 Å². The molecular weight excluding hydrogens is 509 g/mol. The Kier molecular flexibility index (Phi) is 9.80. The van der Waals surface area contributed by atoms with Crippen LogP contribution in [0.15, 0.2) is 66.9 Å². The van der Waals surface area contributed by atoms with E-state index in [1.807, 2.05) is 6.07 Å². The van der Waals surface area contributed by atoms with Crippen LogP contribution in [0.3, 0.4) is 0 Å². The minimum absolute atomic E-state index is 0.257. The number of benzene rings is 2. The van der Waals surface area contributed by atoms with E-state index in [0.29, 0.717) is 34.3 Å². The van der Waals surface area contributed by atoms with Gasteiger partial charge < -0.3 is 20.7 Å². The van der Waals surface area contributed by atoms with Gasteiger partial charge in [-0.2, -0.15) is 0 Å². The maximum absolute atomic E-state index is 13.0. The highest BCUT2D eigenvalue weighted by Crippen LogP contribution is 2.24. The maximum atomic E-state index is 13.0. The highest BCUT2D eigenvalue weighted by Gasteiger charge is 2.12. The number of aromatic nitrogens is 1. The molecule has 0 aliphatic carbocycles. The molecule has 1 aliphatic heterocycles. The molecule has 2 heterocycles. The molecule has 0 radical (unpaired) electrons. The lowest BCUT2D eigenvalue weighted by atomic mass is 10.2. The smallest absolute Gasteiger partial charge is 0.270 e. The Hall–Kier alpha value is -3.79. The van der Waals surface area contributed by atoms with E-state index in [9.17, 15) is 14.0 Å². The van der Waals surface area contributed by atoms with E-state index >= 15 is 0 Å². The van der Waals surface area contributed by atoms with Crippen molar-refractivity contribution in [2.24, 2.45) is 0 Å². The molecule has 1 aliphatic rings. The largest absolute Gasteiger partial charge is 0.457 e. The second-order valence-corrected chi connectivity index (χ2v) is 9.07. The lowest BCUT2D eigenvalue weighted by Crippen LogP contribution is -2.46. The summed E-state index contributed by atoms with van der Waals surface area (Å²) in [5.41, 5.74) is 1.77. The summed E-state index contributed by atoms with van der Waals surface area (Å²) in [6, 6.07) is 15.1. The van der Waals surface area contributed by atoms with Crippen molar-refractivity contribution in [2.45, 2.75) is 6.67 Å². The van der Waals surface area contributed by atoms with Crippen molar-refractivity contribution in [1.82, 2.24) is 20.5 Å². The van der Waals surface area contributed by atoms with Gasteiger partial charge in [-0.3, -0.25) is 19.5 Å². The fraction of sp³-hybridized carbons (Fsp3) is 0.250. The Morgan fingerprint density at radius 2 is 1.92 bits per heavy atom. The van der Waals surface area contributed by atoms with Gasteiger partial charge in [-0.05, 0) is 48.0 Å². The molecular formula is C28H29ClFN5O3. The maximum Gasteiger partial charge on any atom is 0.270 e. The summed E-state index contributed by atoms with van der Waals surface area (Å²) in [6.45, 7) is 4.49. The molecule has 0 spiro atoms. The standard InChI is InChI=1S/C28H29ClFN5O3/c29-25-6-5-22(17-21(25)19-30)34-27(36)7-4-20-2-1-3-23(16-20)38-24-8-9-32-26(18-24)28(37)33-12-15-35-13-10-31-11-14-35/h1-9,16-18,31H,10-15,19H2,(H,33,37)(H,34,36)/b7-4+. The zero-order chi connectivity index (χ0) is 26.7. The average Bonchev–Trinajstić information content (AvgIpc) is 2.94. The molecule has 8 nitrogen and oxygen atoms in total. The number of alkyl halides is 1. The Morgan fingerprint density at radius 1 is 1.11 bits per heavy atom. The number of piperazine rings is 1. The minimum atomic E-state index is -0.717. The van der Waals surface area contributed by atoms with Gasteiger partial charge in [0.1, 0.15) is 23.9 Å². The van der Waals surface area contributed by atoms with E-state index < -0.39 is 6.67 Å². The average molecular weight is 538 g/mol. The SMILES string of the molecule is O=C(/C=C/c1cccc(Oc2ccnc(C(=O)NCCN3CCNCC3)c2)c1)Nc1ccc(Cl)c(CF)c1. The van der Waals surface area contributed by atoms with Crippen LogP contribution in [0.1, 0.15) is 21.6 Å². The molecule has 1 fully saturated rings. The summed E-state index contributed by atoms with van der Waals surface area (Å²) in [6.07, 6.45) is 4.54. The highest BCUT2D eigenvalue weighted by molar-refractivity contribution is 6.31.